The summed E-state index contributed by atoms with van der Waals surface area (Å²) >= 11 is 0. The van der Waals surface area contributed by atoms with Crippen molar-refractivity contribution in [2.24, 2.45) is 0 Å². The molecule has 1 aliphatic heterocycles. The third-order valence-electron chi connectivity index (χ3n) is 3.49. The Morgan fingerprint density at radius 2 is 1.86 bits per heavy atom. The van der Waals surface area contributed by atoms with Crippen molar-refractivity contribution >= 4 is 11.7 Å². The van der Waals surface area contributed by atoms with Gasteiger partial charge in [-0.1, -0.05) is 6.92 Å². The fourth-order valence-electron chi connectivity index (χ4n) is 3.03. The normalized spacial score (nSPS) is 20.3. The van der Waals surface area contributed by atoms with Gasteiger partial charge in [0.15, 0.2) is 0 Å². The number of nitrogens with zero attached hydrogens (tertiary/aromatic N) is 2. The van der Waals surface area contributed by atoms with Crippen molar-refractivity contribution in [3.8, 4) is 0 Å². The van der Waals surface area contributed by atoms with Crippen LogP contribution in [0.25, 0.3) is 0 Å². The van der Waals surface area contributed by atoms with Crippen LogP contribution in [0.1, 0.15) is 50.7 Å². The van der Waals surface area contributed by atoms with Crippen molar-refractivity contribution in [1.82, 2.24) is 9.88 Å². The van der Waals surface area contributed by atoms with E-state index < -0.39 is 0 Å². The number of amides is 1. The molecule has 2 heterocycles. The minimum absolute atomic E-state index is 0.0109. The molecule has 1 fully saturated rings. The first-order valence-electron chi connectivity index (χ1n) is 7.38. The number of hydrogen-bond donors (Lipinski definition) is 1. The van der Waals surface area contributed by atoms with E-state index in [4.69, 9.17) is 10.5 Å². The second kappa shape index (κ2) is 5.30. The molecular formula is C16H25N3O2. The summed E-state index contributed by atoms with van der Waals surface area (Å²) in [5.41, 5.74) is 6.53. The summed E-state index contributed by atoms with van der Waals surface area (Å²) in [7, 11) is 0. The second-order valence-corrected chi connectivity index (χ2v) is 6.91. The molecule has 0 saturated carbocycles. The van der Waals surface area contributed by atoms with E-state index in [1.165, 1.54) is 0 Å². The lowest BCUT2D eigenvalue weighted by Gasteiger charge is -2.47. The second-order valence-electron chi connectivity index (χ2n) is 6.91. The highest BCUT2D eigenvalue weighted by molar-refractivity contribution is 5.95. The Balaban J connectivity index is 2.29. The number of aryl methyl sites for hydroxylation is 1. The molecule has 0 unspecified atom stereocenters. The van der Waals surface area contributed by atoms with Gasteiger partial charge in [0.1, 0.15) is 5.82 Å². The van der Waals surface area contributed by atoms with Crippen LogP contribution in [0.2, 0.25) is 0 Å². The number of morpholine rings is 1. The Morgan fingerprint density at radius 3 is 2.38 bits per heavy atom. The maximum absolute atomic E-state index is 12.8. The number of nitrogens with two attached hydrogens (primary N) is 1. The van der Waals surface area contributed by atoms with Gasteiger partial charge in [0, 0.05) is 24.3 Å². The Bertz CT molecular complexity index is 536. The highest BCUT2D eigenvalue weighted by Crippen LogP contribution is 2.29. The van der Waals surface area contributed by atoms with Crippen LogP contribution in [0.15, 0.2) is 12.1 Å². The van der Waals surface area contributed by atoms with E-state index in [9.17, 15) is 4.79 Å². The zero-order valence-corrected chi connectivity index (χ0v) is 13.6. The van der Waals surface area contributed by atoms with Crippen LogP contribution < -0.4 is 5.73 Å². The number of rotatable bonds is 2. The first kappa shape index (κ1) is 15.8. The Morgan fingerprint density at radius 1 is 1.29 bits per heavy atom. The standard InChI is InChI=1S/C16H25N3O2/c1-6-12-7-11(8-13(17)18-12)14(20)19-9-15(2,3)21-16(4,5)10-19/h7-8H,6,9-10H2,1-5H3,(H2,17,18). The van der Waals surface area contributed by atoms with Gasteiger partial charge in [0.2, 0.25) is 0 Å². The molecule has 0 bridgehead atoms. The first-order valence-corrected chi connectivity index (χ1v) is 7.38. The van der Waals surface area contributed by atoms with Crippen molar-refractivity contribution < 1.29 is 9.53 Å². The molecule has 0 radical (unpaired) electrons. The Kier molecular flexibility index (Phi) is 3.97. The quantitative estimate of drug-likeness (QED) is 0.907. The SMILES string of the molecule is CCc1cc(C(=O)N2CC(C)(C)OC(C)(C)C2)cc(N)n1. The van der Waals surface area contributed by atoms with E-state index >= 15 is 0 Å². The smallest absolute Gasteiger partial charge is 0.254 e. The predicted octanol–water partition coefficient (Wildman–Crippen LogP) is 2.26. The molecule has 116 valence electrons. The van der Waals surface area contributed by atoms with Gasteiger partial charge in [-0.3, -0.25) is 4.79 Å². The largest absolute Gasteiger partial charge is 0.384 e. The average Bonchev–Trinajstić information content (AvgIpc) is 2.33. The molecule has 1 aromatic heterocycles. The minimum Gasteiger partial charge on any atom is -0.384 e. The number of ether oxygens (including phenoxy) is 1. The lowest BCUT2D eigenvalue weighted by atomic mass is 9.98. The predicted molar refractivity (Wildman–Crippen MR) is 83.2 cm³/mol. The monoisotopic (exact) mass is 291 g/mol. The highest BCUT2D eigenvalue weighted by atomic mass is 16.5. The van der Waals surface area contributed by atoms with Crippen LogP contribution in [-0.2, 0) is 11.2 Å². The molecule has 1 aliphatic rings. The van der Waals surface area contributed by atoms with Gasteiger partial charge in [0.25, 0.3) is 5.91 Å². The van der Waals surface area contributed by atoms with Gasteiger partial charge in [0.05, 0.1) is 11.2 Å². The molecule has 0 atom stereocenters. The Labute approximate surface area is 126 Å². The van der Waals surface area contributed by atoms with Crippen LogP contribution >= 0.6 is 0 Å². The zero-order valence-electron chi connectivity index (χ0n) is 13.6. The van der Waals surface area contributed by atoms with Crippen molar-refractivity contribution in [2.75, 3.05) is 18.8 Å². The summed E-state index contributed by atoms with van der Waals surface area (Å²) in [6.07, 6.45) is 0.755. The van der Waals surface area contributed by atoms with Gasteiger partial charge >= 0.3 is 0 Å². The summed E-state index contributed by atoms with van der Waals surface area (Å²) in [4.78, 5) is 18.8. The summed E-state index contributed by atoms with van der Waals surface area (Å²) < 4.78 is 6.02. The number of carbonyl (C=O) groups is 1. The number of hydrogen-bond acceptors (Lipinski definition) is 4. The fourth-order valence-corrected chi connectivity index (χ4v) is 3.03. The number of anilines is 1. The fraction of sp³-hybridized carbons (Fsp3) is 0.625. The van der Waals surface area contributed by atoms with Gasteiger partial charge in [-0.25, -0.2) is 4.98 Å². The summed E-state index contributed by atoms with van der Waals surface area (Å²) in [6.45, 7) is 11.2. The molecule has 2 rings (SSSR count). The van der Waals surface area contributed by atoms with Crippen molar-refractivity contribution in [3.63, 3.8) is 0 Å². The number of carbonyl (C=O) groups excluding carboxylic acids is 1. The van der Waals surface area contributed by atoms with E-state index in [0.29, 0.717) is 24.5 Å². The van der Waals surface area contributed by atoms with E-state index in [0.717, 1.165) is 12.1 Å². The molecule has 5 nitrogen and oxygen atoms in total. The molecule has 2 N–H and O–H groups in total. The van der Waals surface area contributed by atoms with Crippen LogP contribution in [0.3, 0.4) is 0 Å². The van der Waals surface area contributed by atoms with E-state index in [1.54, 1.807) is 6.07 Å². The van der Waals surface area contributed by atoms with Crippen LogP contribution in [0.4, 0.5) is 5.82 Å². The van der Waals surface area contributed by atoms with Crippen LogP contribution in [-0.4, -0.2) is 40.1 Å². The van der Waals surface area contributed by atoms with Crippen molar-refractivity contribution in [2.45, 2.75) is 52.2 Å². The number of aromatic nitrogens is 1. The maximum atomic E-state index is 12.8. The van der Waals surface area contributed by atoms with Crippen molar-refractivity contribution in [3.05, 3.63) is 23.4 Å². The molecule has 0 spiro atoms. The molecule has 1 amide bonds. The van der Waals surface area contributed by atoms with Crippen LogP contribution in [0.5, 0.6) is 0 Å². The lowest BCUT2D eigenvalue weighted by molar-refractivity contribution is -0.171. The minimum atomic E-state index is -0.358. The van der Waals surface area contributed by atoms with E-state index in [-0.39, 0.29) is 17.1 Å². The molecule has 0 aromatic carbocycles. The number of pyridine rings is 1. The third-order valence-corrected chi connectivity index (χ3v) is 3.49. The van der Waals surface area contributed by atoms with E-state index in [1.807, 2.05) is 45.6 Å². The lowest BCUT2D eigenvalue weighted by Crippen LogP contribution is -2.58. The van der Waals surface area contributed by atoms with Gasteiger partial charge in [-0.2, -0.15) is 0 Å². The summed E-state index contributed by atoms with van der Waals surface area (Å²) in [5.74, 6) is 0.382. The highest BCUT2D eigenvalue weighted by Gasteiger charge is 2.40. The summed E-state index contributed by atoms with van der Waals surface area (Å²) in [6, 6.07) is 3.48. The molecule has 21 heavy (non-hydrogen) atoms. The molecule has 1 saturated heterocycles. The van der Waals surface area contributed by atoms with E-state index in [2.05, 4.69) is 4.98 Å². The van der Waals surface area contributed by atoms with Crippen molar-refractivity contribution in [1.29, 1.82) is 0 Å². The third kappa shape index (κ3) is 3.73. The van der Waals surface area contributed by atoms with Gasteiger partial charge in [-0.05, 0) is 46.2 Å². The zero-order chi connectivity index (χ0) is 15.8. The molecule has 0 aliphatic carbocycles. The molecular weight excluding hydrogens is 266 g/mol. The van der Waals surface area contributed by atoms with Gasteiger partial charge < -0.3 is 15.4 Å². The number of nitrogen functional groups attached to an aromatic ring is 1. The maximum Gasteiger partial charge on any atom is 0.254 e. The molecule has 1 aromatic rings. The first-order chi connectivity index (χ1) is 9.62. The average molecular weight is 291 g/mol. The Hall–Kier alpha value is -1.62. The van der Waals surface area contributed by atoms with Crippen LogP contribution in [0, 0.1) is 0 Å². The molecule has 5 heteroatoms. The summed E-state index contributed by atoms with van der Waals surface area (Å²) in [5, 5.41) is 0. The van der Waals surface area contributed by atoms with Gasteiger partial charge in [-0.15, -0.1) is 0 Å². The topological polar surface area (TPSA) is 68.5 Å².